The molecule has 0 aliphatic rings. The van der Waals surface area contributed by atoms with E-state index in [4.69, 9.17) is 16.3 Å². The smallest absolute Gasteiger partial charge is 0.135 e. The Kier molecular flexibility index (Phi) is 6.33. The summed E-state index contributed by atoms with van der Waals surface area (Å²) in [5.41, 5.74) is 1.38. The number of rotatable bonds is 6. The molecule has 0 unspecified atom stereocenters. The standard InChI is InChI=1S/C25H15ClF3NO3/c26-14-8-9-24(33-13-19-20(28)11-15(27)12-21(19)29)18(10-14)16-4-1-2-5-17(16)22-6-3-7-23(30-22)25(31)32/h1-12H,13H2,(H,31,32)/p-1. The fourth-order valence-electron chi connectivity index (χ4n) is 3.34. The molecule has 0 atom stereocenters. The maximum absolute atomic E-state index is 14.0. The summed E-state index contributed by atoms with van der Waals surface area (Å²) in [6, 6.07) is 17.4. The van der Waals surface area contributed by atoms with Crippen LogP contribution in [0.25, 0.3) is 22.4 Å². The van der Waals surface area contributed by atoms with Crippen LogP contribution in [0.15, 0.2) is 72.8 Å². The molecule has 0 fully saturated rings. The van der Waals surface area contributed by atoms with Crippen molar-refractivity contribution >= 4 is 17.6 Å². The highest BCUT2D eigenvalue weighted by Gasteiger charge is 2.17. The summed E-state index contributed by atoms with van der Waals surface area (Å²) in [5.74, 6) is -4.31. The van der Waals surface area contributed by atoms with Crippen molar-refractivity contribution in [2.24, 2.45) is 0 Å². The zero-order valence-corrected chi connectivity index (χ0v) is 17.6. The van der Waals surface area contributed by atoms with Crippen molar-refractivity contribution in [3.8, 4) is 28.1 Å². The van der Waals surface area contributed by atoms with Gasteiger partial charge in [0.05, 0.1) is 22.9 Å². The Balaban J connectivity index is 1.77. The second-order valence-electron chi connectivity index (χ2n) is 7.02. The van der Waals surface area contributed by atoms with Crippen LogP contribution in [0.5, 0.6) is 5.75 Å². The number of nitrogens with zero attached hydrogens (tertiary/aromatic N) is 1. The molecule has 4 nitrogen and oxygen atoms in total. The molecule has 8 heteroatoms. The van der Waals surface area contributed by atoms with Crippen molar-refractivity contribution in [3.05, 3.63) is 107 Å². The van der Waals surface area contributed by atoms with Gasteiger partial charge in [0.25, 0.3) is 0 Å². The summed E-state index contributed by atoms with van der Waals surface area (Å²) in [6.45, 7) is -0.493. The zero-order valence-electron chi connectivity index (χ0n) is 16.8. The number of aromatic carboxylic acids is 1. The van der Waals surface area contributed by atoms with Gasteiger partial charge in [-0.15, -0.1) is 0 Å². The molecule has 1 aromatic heterocycles. The summed E-state index contributed by atoms with van der Waals surface area (Å²) in [5, 5.41) is 11.6. The van der Waals surface area contributed by atoms with Crippen LogP contribution in [-0.2, 0) is 6.61 Å². The number of carbonyl (C=O) groups excluding carboxylic acids is 1. The Bertz CT molecular complexity index is 1340. The quantitative estimate of drug-likeness (QED) is 0.378. The Morgan fingerprint density at radius 2 is 1.58 bits per heavy atom. The highest BCUT2D eigenvalue weighted by molar-refractivity contribution is 6.31. The van der Waals surface area contributed by atoms with E-state index in [1.165, 1.54) is 6.07 Å². The fraction of sp³-hybridized carbons (Fsp3) is 0.0400. The first-order valence-corrected chi connectivity index (χ1v) is 10.0. The molecule has 0 amide bonds. The first-order valence-electron chi connectivity index (χ1n) is 9.67. The Morgan fingerprint density at radius 1 is 0.879 bits per heavy atom. The highest BCUT2D eigenvalue weighted by atomic mass is 35.5. The van der Waals surface area contributed by atoms with E-state index in [1.807, 2.05) is 0 Å². The average Bonchev–Trinajstić information content (AvgIpc) is 2.79. The summed E-state index contributed by atoms with van der Waals surface area (Å²) in [6.07, 6.45) is 0. The zero-order chi connectivity index (χ0) is 23.5. The minimum atomic E-state index is -1.41. The Morgan fingerprint density at radius 3 is 2.27 bits per heavy atom. The lowest BCUT2D eigenvalue weighted by atomic mass is 9.96. The van der Waals surface area contributed by atoms with Crippen LogP contribution in [-0.4, -0.2) is 11.0 Å². The van der Waals surface area contributed by atoms with E-state index in [2.05, 4.69) is 4.98 Å². The van der Waals surface area contributed by atoms with E-state index in [0.29, 0.717) is 39.5 Å². The number of hydrogen-bond acceptors (Lipinski definition) is 4. The number of carboxylic acid groups (broad SMARTS) is 1. The monoisotopic (exact) mass is 468 g/mol. The summed E-state index contributed by atoms with van der Waals surface area (Å²) >= 11 is 6.20. The lowest BCUT2D eigenvalue weighted by Gasteiger charge is -2.16. The van der Waals surface area contributed by atoms with Crippen molar-refractivity contribution in [1.29, 1.82) is 0 Å². The number of carboxylic acids is 1. The molecule has 0 spiro atoms. The predicted octanol–water partition coefficient (Wildman–Crippen LogP) is 5.43. The van der Waals surface area contributed by atoms with E-state index >= 15 is 0 Å². The van der Waals surface area contributed by atoms with Gasteiger partial charge < -0.3 is 14.6 Å². The van der Waals surface area contributed by atoms with E-state index in [0.717, 1.165) is 0 Å². The molecule has 166 valence electrons. The number of pyridine rings is 1. The van der Waals surface area contributed by atoms with Gasteiger partial charge in [0.1, 0.15) is 29.8 Å². The summed E-state index contributed by atoms with van der Waals surface area (Å²) in [4.78, 5) is 15.4. The number of halogens is 4. The van der Waals surface area contributed by atoms with E-state index < -0.39 is 35.6 Å². The van der Waals surface area contributed by atoms with Crippen molar-refractivity contribution in [1.82, 2.24) is 4.98 Å². The van der Waals surface area contributed by atoms with E-state index in [1.54, 1.807) is 54.6 Å². The van der Waals surface area contributed by atoms with Gasteiger partial charge in [-0.1, -0.05) is 41.9 Å². The van der Waals surface area contributed by atoms with Crippen molar-refractivity contribution in [2.45, 2.75) is 6.61 Å². The maximum Gasteiger partial charge on any atom is 0.135 e. The van der Waals surface area contributed by atoms with Crippen LogP contribution in [0.3, 0.4) is 0 Å². The minimum absolute atomic E-state index is 0.230. The van der Waals surface area contributed by atoms with Crippen molar-refractivity contribution < 1.29 is 27.8 Å². The Labute approximate surface area is 191 Å². The molecular formula is C25H14ClF3NO3-. The predicted molar refractivity (Wildman–Crippen MR) is 115 cm³/mol. The van der Waals surface area contributed by atoms with Gasteiger partial charge in [-0.2, -0.15) is 0 Å². The van der Waals surface area contributed by atoms with Crippen LogP contribution in [0, 0.1) is 17.5 Å². The molecular weight excluding hydrogens is 455 g/mol. The number of ether oxygens (including phenoxy) is 1. The van der Waals surface area contributed by atoms with E-state index in [9.17, 15) is 23.1 Å². The fourth-order valence-corrected chi connectivity index (χ4v) is 3.51. The normalized spacial score (nSPS) is 10.8. The van der Waals surface area contributed by atoms with Crippen LogP contribution < -0.4 is 9.84 Å². The second-order valence-corrected chi connectivity index (χ2v) is 7.45. The first-order chi connectivity index (χ1) is 15.8. The van der Waals surface area contributed by atoms with Crippen LogP contribution in [0.1, 0.15) is 16.1 Å². The van der Waals surface area contributed by atoms with Crippen molar-refractivity contribution in [3.63, 3.8) is 0 Å². The van der Waals surface area contributed by atoms with Crippen LogP contribution >= 0.6 is 11.6 Å². The SMILES string of the molecule is O=C([O-])c1cccc(-c2ccccc2-c2cc(Cl)ccc2OCc2c(F)cc(F)cc2F)n1. The van der Waals surface area contributed by atoms with Gasteiger partial charge >= 0.3 is 0 Å². The van der Waals surface area contributed by atoms with Gasteiger partial charge in [0.2, 0.25) is 0 Å². The molecule has 3 aromatic carbocycles. The lowest BCUT2D eigenvalue weighted by molar-refractivity contribution is -0.255. The second kappa shape index (κ2) is 9.34. The molecule has 0 aliphatic heterocycles. The lowest BCUT2D eigenvalue weighted by Crippen LogP contribution is -2.23. The number of carbonyl (C=O) groups is 1. The topological polar surface area (TPSA) is 62.2 Å². The number of hydrogen-bond donors (Lipinski definition) is 0. The highest BCUT2D eigenvalue weighted by Crippen LogP contribution is 2.38. The first kappa shape index (κ1) is 22.4. The number of aromatic nitrogens is 1. The maximum atomic E-state index is 14.0. The Hall–Kier alpha value is -3.84. The molecule has 0 saturated heterocycles. The third-order valence-electron chi connectivity index (χ3n) is 4.87. The van der Waals surface area contributed by atoms with E-state index in [-0.39, 0.29) is 11.4 Å². The third kappa shape index (κ3) is 4.83. The largest absolute Gasteiger partial charge is 0.543 e. The van der Waals surface area contributed by atoms with Gasteiger partial charge in [0, 0.05) is 28.3 Å². The van der Waals surface area contributed by atoms with Gasteiger partial charge in [0.15, 0.2) is 0 Å². The molecule has 0 N–H and O–H groups in total. The molecule has 0 saturated carbocycles. The van der Waals surface area contributed by atoms with Gasteiger partial charge in [-0.25, -0.2) is 18.2 Å². The molecule has 0 bridgehead atoms. The molecule has 0 aliphatic carbocycles. The summed E-state index contributed by atoms with van der Waals surface area (Å²) < 4.78 is 47.0. The molecule has 1 heterocycles. The summed E-state index contributed by atoms with van der Waals surface area (Å²) in [7, 11) is 0. The average molecular weight is 469 g/mol. The van der Waals surface area contributed by atoms with Gasteiger partial charge in [-0.05, 0) is 35.9 Å². The minimum Gasteiger partial charge on any atom is -0.543 e. The number of benzene rings is 3. The van der Waals surface area contributed by atoms with Gasteiger partial charge in [-0.3, -0.25) is 0 Å². The molecule has 0 radical (unpaired) electrons. The molecule has 4 rings (SSSR count). The molecule has 4 aromatic rings. The third-order valence-corrected chi connectivity index (χ3v) is 5.11. The van der Waals surface area contributed by atoms with Crippen LogP contribution in [0.4, 0.5) is 13.2 Å². The molecule has 33 heavy (non-hydrogen) atoms. The van der Waals surface area contributed by atoms with Crippen molar-refractivity contribution in [2.75, 3.05) is 0 Å². The van der Waals surface area contributed by atoms with Crippen LogP contribution in [0.2, 0.25) is 5.02 Å².